The highest BCUT2D eigenvalue weighted by atomic mass is 79.9. The zero-order valence-electron chi connectivity index (χ0n) is 13.8. The molecule has 134 valence electrons. The highest BCUT2D eigenvalue weighted by Gasteiger charge is 2.31. The standard InChI is InChI=1S/C18H16BrN3O4/c19-12-2-1-3-13(8-12)20-17(23)10-21-6-7-22(18(21)24)14-4-5-15-16(9-14)26-11-25-15/h1-5,8-9H,6-7,10-11H2,(H,20,23). The van der Waals surface area contributed by atoms with E-state index in [4.69, 9.17) is 9.47 Å². The average Bonchev–Trinajstić information content (AvgIpc) is 3.21. The zero-order valence-corrected chi connectivity index (χ0v) is 15.4. The van der Waals surface area contributed by atoms with Crippen molar-refractivity contribution in [3.63, 3.8) is 0 Å². The number of benzene rings is 2. The van der Waals surface area contributed by atoms with Crippen LogP contribution in [-0.4, -0.2) is 43.3 Å². The lowest BCUT2D eigenvalue weighted by atomic mass is 10.2. The SMILES string of the molecule is O=C(CN1CCN(c2ccc3c(c2)OCO3)C1=O)Nc1cccc(Br)c1. The van der Waals surface area contributed by atoms with E-state index >= 15 is 0 Å². The van der Waals surface area contributed by atoms with Gasteiger partial charge in [-0.3, -0.25) is 9.69 Å². The molecule has 2 aromatic carbocycles. The third-order valence-electron chi connectivity index (χ3n) is 4.21. The van der Waals surface area contributed by atoms with Crippen LogP contribution in [0.5, 0.6) is 11.5 Å². The van der Waals surface area contributed by atoms with E-state index < -0.39 is 0 Å². The number of hydrogen-bond donors (Lipinski definition) is 1. The molecule has 1 fully saturated rings. The summed E-state index contributed by atoms with van der Waals surface area (Å²) in [6, 6.07) is 12.5. The Balaban J connectivity index is 1.40. The molecule has 0 aromatic heterocycles. The molecule has 0 saturated carbocycles. The van der Waals surface area contributed by atoms with Crippen molar-refractivity contribution < 1.29 is 19.1 Å². The summed E-state index contributed by atoms with van der Waals surface area (Å²) in [7, 11) is 0. The molecule has 4 rings (SSSR count). The molecule has 3 amide bonds. The fourth-order valence-corrected chi connectivity index (χ4v) is 3.36. The monoisotopic (exact) mass is 417 g/mol. The van der Waals surface area contributed by atoms with Gasteiger partial charge in [-0.2, -0.15) is 0 Å². The number of rotatable bonds is 4. The predicted molar refractivity (Wildman–Crippen MR) is 99.7 cm³/mol. The molecule has 2 aromatic rings. The minimum atomic E-state index is -0.232. The van der Waals surface area contributed by atoms with Crippen molar-refractivity contribution in [2.75, 3.05) is 36.6 Å². The molecule has 7 nitrogen and oxygen atoms in total. The number of carbonyl (C=O) groups excluding carboxylic acids is 2. The van der Waals surface area contributed by atoms with Crippen LogP contribution in [0.1, 0.15) is 0 Å². The topological polar surface area (TPSA) is 71.1 Å². The Labute approximate surface area is 158 Å². The minimum absolute atomic E-state index is 0.00635. The first kappa shape index (κ1) is 16.7. The number of halogens is 1. The van der Waals surface area contributed by atoms with Crippen LogP contribution < -0.4 is 19.7 Å². The first-order valence-corrected chi connectivity index (χ1v) is 8.91. The highest BCUT2D eigenvalue weighted by molar-refractivity contribution is 9.10. The first-order valence-electron chi connectivity index (χ1n) is 8.12. The van der Waals surface area contributed by atoms with E-state index in [9.17, 15) is 9.59 Å². The van der Waals surface area contributed by atoms with Gasteiger partial charge in [0, 0.05) is 35.0 Å². The van der Waals surface area contributed by atoms with Gasteiger partial charge < -0.3 is 19.7 Å². The van der Waals surface area contributed by atoms with Crippen molar-refractivity contribution >= 4 is 39.2 Å². The van der Waals surface area contributed by atoms with Gasteiger partial charge in [-0.15, -0.1) is 0 Å². The maximum atomic E-state index is 12.6. The third kappa shape index (κ3) is 3.32. The van der Waals surface area contributed by atoms with Gasteiger partial charge in [-0.25, -0.2) is 4.79 Å². The molecule has 0 spiro atoms. The van der Waals surface area contributed by atoms with Gasteiger partial charge >= 0.3 is 6.03 Å². The Bertz CT molecular complexity index is 873. The Morgan fingerprint density at radius 1 is 1.12 bits per heavy atom. The molecule has 0 aliphatic carbocycles. The van der Waals surface area contributed by atoms with Crippen LogP contribution in [-0.2, 0) is 4.79 Å². The van der Waals surface area contributed by atoms with Crippen LogP contribution in [0.15, 0.2) is 46.9 Å². The van der Waals surface area contributed by atoms with Crippen LogP contribution >= 0.6 is 15.9 Å². The van der Waals surface area contributed by atoms with Crippen LogP contribution in [0, 0.1) is 0 Å². The first-order chi connectivity index (χ1) is 12.6. The largest absolute Gasteiger partial charge is 0.454 e. The average molecular weight is 418 g/mol. The lowest BCUT2D eigenvalue weighted by Crippen LogP contribution is -2.37. The van der Waals surface area contributed by atoms with Gasteiger partial charge in [0.1, 0.15) is 6.54 Å². The summed E-state index contributed by atoms with van der Waals surface area (Å²) >= 11 is 3.36. The molecule has 2 aliphatic rings. The van der Waals surface area contributed by atoms with Gasteiger partial charge in [0.25, 0.3) is 0 Å². The number of hydrogen-bond acceptors (Lipinski definition) is 4. The fraction of sp³-hybridized carbons (Fsp3) is 0.222. The summed E-state index contributed by atoms with van der Waals surface area (Å²) in [4.78, 5) is 28.0. The Hall–Kier alpha value is -2.74. The maximum absolute atomic E-state index is 12.6. The Morgan fingerprint density at radius 2 is 1.96 bits per heavy atom. The van der Waals surface area contributed by atoms with Crippen molar-refractivity contribution in [2.24, 2.45) is 0 Å². The summed E-state index contributed by atoms with van der Waals surface area (Å²) in [5, 5.41) is 2.80. The van der Waals surface area contributed by atoms with Crippen molar-refractivity contribution in [2.45, 2.75) is 0 Å². The smallest absolute Gasteiger partial charge is 0.325 e. The maximum Gasteiger partial charge on any atom is 0.325 e. The summed E-state index contributed by atoms with van der Waals surface area (Å²) in [5.74, 6) is 1.07. The third-order valence-corrected chi connectivity index (χ3v) is 4.70. The van der Waals surface area contributed by atoms with E-state index in [2.05, 4.69) is 21.2 Å². The Morgan fingerprint density at radius 3 is 2.81 bits per heavy atom. The van der Waals surface area contributed by atoms with E-state index in [0.29, 0.717) is 30.3 Å². The number of nitrogens with zero attached hydrogens (tertiary/aromatic N) is 2. The number of fused-ring (bicyclic) bond motifs is 1. The molecule has 0 bridgehead atoms. The van der Waals surface area contributed by atoms with Crippen molar-refractivity contribution in [3.8, 4) is 11.5 Å². The fourth-order valence-electron chi connectivity index (χ4n) is 2.96. The van der Waals surface area contributed by atoms with Gasteiger partial charge in [-0.1, -0.05) is 22.0 Å². The zero-order chi connectivity index (χ0) is 18.1. The molecule has 0 atom stereocenters. The minimum Gasteiger partial charge on any atom is -0.454 e. The number of ether oxygens (including phenoxy) is 2. The number of nitrogens with one attached hydrogen (secondary N) is 1. The van der Waals surface area contributed by atoms with Crippen molar-refractivity contribution in [1.82, 2.24) is 4.90 Å². The van der Waals surface area contributed by atoms with Crippen LogP contribution in [0.25, 0.3) is 0 Å². The van der Waals surface area contributed by atoms with E-state index in [1.54, 1.807) is 23.1 Å². The van der Waals surface area contributed by atoms with Crippen LogP contribution in [0.4, 0.5) is 16.2 Å². The lowest BCUT2D eigenvalue weighted by Gasteiger charge is -2.18. The Kier molecular flexibility index (Phi) is 4.42. The second kappa shape index (κ2) is 6.87. The number of urea groups is 1. The molecule has 2 aliphatic heterocycles. The van der Waals surface area contributed by atoms with Gasteiger partial charge in [-0.05, 0) is 30.3 Å². The lowest BCUT2D eigenvalue weighted by molar-refractivity contribution is -0.116. The van der Waals surface area contributed by atoms with Crippen LogP contribution in [0.3, 0.4) is 0 Å². The second-order valence-electron chi connectivity index (χ2n) is 5.95. The number of amides is 3. The van der Waals surface area contributed by atoms with Crippen molar-refractivity contribution in [3.05, 3.63) is 46.9 Å². The predicted octanol–water partition coefficient (Wildman–Crippen LogP) is 3.06. The molecule has 8 heteroatoms. The second-order valence-corrected chi connectivity index (χ2v) is 6.87. The molecule has 0 radical (unpaired) electrons. The molecule has 2 heterocycles. The van der Waals surface area contributed by atoms with Gasteiger partial charge in [0.05, 0.1) is 0 Å². The van der Waals surface area contributed by atoms with Crippen LogP contribution in [0.2, 0.25) is 0 Å². The highest BCUT2D eigenvalue weighted by Crippen LogP contribution is 2.36. The summed E-state index contributed by atoms with van der Waals surface area (Å²) in [6.45, 7) is 1.20. The summed E-state index contributed by atoms with van der Waals surface area (Å²) in [5.41, 5.74) is 1.41. The molecule has 1 N–H and O–H groups in total. The number of carbonyl (C=O) groups is 2. The van der Waals surface area contributed by atoms with E-state index in [0.717, 1.165) is 10.2 Å². The van der Waals surface area contributed by atoms with Gasteiger partial charge in [0.15, 0.2) is 11.5 Å². The summed E-state index contributed by atoms with van der Waals surface area (Å²) in [6.07, 6.45) is 0. The van der Waals surface area contributed by atoms with Gasteiger partial charge in [0.2, 0.25) is 12.7 Å². The molecular weight excluding hydrogens is 402 g/mol. The molecule has 26 heavy (non-hydrogen) atoms. The van der Waals surface area contributed by atoms with E-state index in [1.807, 2.05) is 24.3 Å². The van der Waals surface area contributed by atoms with Crippen molar-refractivity contribution in [1.29, 1.82) is 0 Å². The van der Waals surface area contributed by atoms with E-state index in [1.165, 1.54) is 4.90 Å². The molecule has 0 unspecified atom stereocenters. The normalized spacial score (nSPS) is 15.5. The van der Waals surface area contributed by atoms with E-state index in [-0.39, 0.29) is 25.3 Å². The molecular formula is C18H16BrN3O4. The summed E-state index contributed by atoms with van der Waals surface area (Å²) < 4.78 is 11.5. The molecule has 1 saturated heterocycles. The quantitative estimate of drug-likeness (QED) is 0.829. The number of anilines is 2.